The Bertz CT molecular complexity index is 170. The molecule has 1 amide bonds. The lowest BCUT2D eigenvalue weighted by Gasteiger charge is -2.27. The Morgan fingerprint density at radius 2 is 2.36 bits per heavy atom. The molecule has 1 aliphatic heterocycles. The van der Waals surface area contributed by atoms with Crippen molar-refractivity contribution in [1.29, 1.82) is 0 Å². The smallest absolute Gasteiger partial charge is 0.410 e. The van der Waals surface area contributed by atoms with E-state index in [1.54, 1.807) is 4.90 Å². The van der Waals surface area contributed by atoms with Crippen LogP contribution in [-0.4, -0.2) is 28.2 Å². The Morgan fingerprint density at radius 1 is 1.73 bits per heavy atom. The minimum atomic E-state index is -0.209. The number of amides is 1. The predicted octanol–water partition coefficient (Wildman–Crippen LogP) is 2.00. The molecule has 0 aromatic heterocycles. The molecule has 0 saturated carbocycles. The van der Waals surface area contributed by atoms with Gasteiger partial charge in [0.2, 0.25) is 0 Å². The lowest BCUT2D eigenvalue weighted by Crippen LogP contribution is -2.40. The largest absolute Gasteiger partial charge is 0.453 e. The third-order valence-electron chi connectivity index (χ3n) is 1.97. The number of carbonyl (C=O) groups excluding carboxylic acids is 1. The molecule has 0 aromatic rings. The van der Waals surface area contributed by atoms with Gasteiger partial charge in [-0.2, -0.15) is 0 Å². The zero-order chi connectivity index (χ0) is 8.48. The number of likely N-dealkylation sites (tertiary alicyclic amines) is 1. The van der Waals surface area contributed by atoms with Crippen LogP contribution < -0.4 is 0 Å². The maximum Gasteiger partial charge on any atom is 0.410 e. The average molecular weight is 269 g/mol. The standard InChI is InChI=1S/C7H12INO2/c1-7(8)4-3-5-9(7)6(10)11-2/h3-5H2,1-2H3/t7-/m0/s1. The van der Waals surface area contributed by atoms with Crippen LogP contribution >= 0.6 is 22.6 Å². The topological polar surface area (TPSA) is 29.5 Å². The Balaban J connectivity index is 2.64. The molecular weight excluding hydrogens is 257 g/mol. The van der Waals surface area contributed by atoms with Gasteiger partial charge in [-0.3, -0.25) is 4.90 Å². The van der Waals surface area contributed by atoms with E-state index in [0.717, 1.165) is 19.4 Å². The number of hydrogen-bond donors (Lipinski definition) is 0. The van der Waals surface area contributed by atoms with Gasteiger partial charge in [0.15, 0.2) is 0 Å². The molecule has 1 heterocycles. The summed E-state index contributed by atoms with van der Waals surface area (Å²) in [6.07, 6.45) is 1.93. The number of ether oxygens (including phenoxy) is 1. The summed E-state index contributed by atoms with van der Waals surface area (Å²) in [6.45, 7) is 2.88. The first-order valence-electron chi connectivity index (χ1n) is 3.62. The van der Waals surface area contributed by atoms with Crippen LogP contribution in [0.3, 0.4) is 0 Å². The van der Waals surface area contributed by atoms with Crippen LogP contribution in [0.5, 0.6) is 0 Å². The monoisotopic (exact) mass is 269 g/mol. The highest BCUT2D eigenvalue weighted by Crippen LogP contribution is 2.35. The van der Waals surface area contributed by atoms with Crippen molar-refractivity contribution in [1.82, 2.24) is 4.90 Å². The Labute approximate surface area is 80.2 Å². The highest BCUT2D eigenvalue weighted by atomic mass is 127. The molecule has 4 heteroatoms. The summed E-state index contributed by atoms with van der Waals surface area (Å²) in [7, 11) is 1.42. The molecule has 11 heavy (non-hydrogen) atoms. The second-order valence-electron chi connectivity index (χ2n) is 2.87. The predicted molar refractivity (Wildman–Crippen MR) is 50.8 cm³/mol. The highest BCUT2D eigenvalue weighted by Gasteiger charge is 2.37. The summed E-state index contributed by atoms with van der Waals surface area (Å²) in [5.41, 5.74) is 0. The fourth-order valence-electron chi connectivity index (χ4n) is 1.32. The van der Waals surface area contributed by atoms with Crippen molar-refractivity contribution in [3.63, 3.8) is 0 Å². The first kappa shape index (κ1) is 9.09. The second-order valence-corrected chi connectivity index (χ2v) is 5.19. The summed E-state index contributed by atoms with van der Waals surface area (Å²) < 4.78 is 4.62. The van der Waals surface area contributed by atoms with Gasteiger partial charge < -0.3 is 4.74 Å². The van der Waals surface area contributed by atoms with Gasteiger partial charge in [0, 0.05) is 6.54 Å². The van der Waals surface area contributed by atoms with E-state index in [9.17, 15) is 4.79 Å². The molecular formula is C7H12INO2. The van der Waals surface area contributed by atoms with Crippen molar-refractivity contribution >= 4 is 28.7 Å². The Morgan fingerprint density at radius 3 is 2.73 bits per heavy atom. The van der Waals surface area contributed by atoms with Crippen molar-refractivity contribution in [3.8, 4) is 0 Å². The van der Waals surface area contributed by atoms with E-state index in [1.165, 1.54) is 7.11 Å². The van der Waals surface area contributed by atoms with Crippen LogP contribution in [0, 0.1) is 0 Å². The van der Waals surface area contributed by atoms with Gasteiger partial charge >= 0.3 is 6.09 Å². The van der Waals surface area contributed by atoms with Crippen LogP contribution in [0.4, 0.5) is 4.79 Å². The third-order valence-corrected chi connectivity index (χ3v) is 3.09. The number of nitrogens with zero attached hydrogens (tertiary/aromatic N) is 1. The summed E-state index contributed by atoms with van der Waals surface area (Å²) in [5, 5.41) is 0. The maximum atomic E-state index is 11.1. The highest BCUT2D eigenvalue weighted by molar-refractivity contribution is 14.1. The second kappa shape index (κ2) is 3.16. The minimum absolute atomic E-state index is 0.0369. The van der Waals surface area contributed by atoms with Gasteiger partial charge in [0.05, 0.1) is 10.7 Å². The molecule has 1 atom stereocenters. The van der Waals surface area contributed by atoms with Gasteiger partial charge in [-0.05, 0) is 19.8 Å². The van der Waals surface area contributed by atoms with Gasteiger partial charge in [-0.15, -0.1) is 0 Å². The van der Waals surface area contributed by atoms with Crippen molar-refractivity contribution in [2.45, 2.75) is 23.3 Å². The van der Waals surface area contributed by atoms with Crippen molar-refractivity contribution in [2.75, 3.05) is 13.7 Å². The zero-order valence-electron chi connectivity index (χ0n) is 6.76. The van der Waals surface area contributed by atoms with Crippen LogP contribution in [0.2, 0.25) is 0 Å². The van der Waals surface area contributed by atoms with E-state index in [2.05, 4.69) is 34.3 Å². The summed E-state index contributed by atoms with van der Waals surface area (Å²) in [6, 6.07) is 0. The third kappa shape index (κ3) is 1.77. The normalized spacial score (nSPS) is 30.6. The number of hydrogen-bond acceptors (Lipinski definition) is 2. The van der Waals surface area contributed by atoms with E-state index < -0.39 is 0 Å². The van der Waals surface area contributed by atoms with Gasteiger partial charge in [-0.25, -0.2) is 4.79 Å². The molecule has 3 nitrogen and oxygen atoms in total. The van der Waals surface area contributed by atoms with Crippen LogP contribution in [0.15, 0.2) is 0 Å². The van der Waals surface area contributed by atoms with E-state index in [1.807, 2.05) is 0 Å². The van der Waals surface area contributed by atoms with Crippen LogP contribution in [-0.2, 0) is 4.74 Å². The summed E-state index contributed by atoms with van der Waals surface area (Å²) >= 11 is 2.29. The summed E-state index contributed by atoms with van der Waals surface area (Å²) in [4.78, 5) is 12.9. The maximum absolute atomic E-state index is 11.1. The summed E-state index contributed by atoms with van der Waals surface area (Å²) in [5.74, 6) is 0. The molecule has 0 aliphatic carbocycles. The van der Waals surface area contributed by atoms with Crippen LogP contribution in [0.1, 0.15) is 19.8 Å². The first-order valence-corrected chi connectivity index (χ1v) is 4.70. The molecule has 1 saturated heterocycles. The molecule has 1 rings (SSSR count). The molecule has 0 bridgehead atoms. The molecule has 0 radical (unpaired) electrons. The fourth-order valence-corrected chi connectivity index (χ4v) is 2.14. The lowest BCUT2D eigenvalue weighted by molar-refractivity contribution is 0.119. The van der Waals surface area contributed by atoms with Gasteiger partial charge in [-0.1, -0.05) is 22.6 Å². The first-order chi connectivity index (χ1) is 5.08. The molecule has 1 aliphatic rings. The Hall–Kier alpha value is 0. The van der Waals surface area contributed by atoms with E-state index >= 15 is 0 Å². The number of halogens is 1. The van der Waals surface area contributed by atoms with E-state index in [-0.39, 0.29) is 9.64 Å². The van der Waals surface area contributed by atoms with E-state index in [4.69, 9.17) is 0 Å². The number of alkyl halides is 1. The van der Waals surface area contributed by atoms with Crippen LogP contribution in [0.25, 0.3) is 0 Å². The quantitative estimate of drug-likeness (QED) is 0.382. The average Bonchev–Trinajstić information content (AvgIpc) is 2.28. The molecule has 0 aromatic carbocycles. The molecule has 0 unspecified atom stereocenters. The minimum Gasteiger partial charge on any atom is -0.453 e. The lowest BCUT2D eigenvalue weighted by atomic mass is 10.2. The van der Waals surface area contributed by atoms with Gasteiger partial charge in [0.25, 0.3) is 0 Å². The molecule has 1 fully saturated rings. The van der Waals surface area contributed by atoms with Crippen molar-refractivity contribution in [2.24, 2.45) is 0 Å². The number of rotatable bonds is 0. The zero-order valence-corrected chi connectivity index (χ0v) is 8.92. The molecule has 64 valence electrons. The molecule has 0 N–H and O–H groups in total. The SMILES string of the molecule is COC(=O)N1CCC[C@@]1(C)I. The number of carbonyl (C=O) groups is 1. The van der Waals surface area contributed by atoms with E-state index in [0.29, 0.717) is 0 Å². The Kier molecular flexibility index (Phi) is 2.61. The van der Waals surface area contributed by atoms with Crippen molar-refractivity contribution < 1.29 is 9.53 Å². The molecule has 0 spiro atoms. The van der Waals surface area contributed by atoms with Crippen molar-refractivity contribution in [3.05, 3.63) is 0 Å². The van der Waals surface area contributed by atoms with Gasteiger partial charge in [0.1, 0.15) is 0 Å². The fraction of sp³-hybridized carbons (Fsp3) is 0.857. The number of methoxy groups -OCH3 is 1.